The predicted molar refractivity (Wildman–Crippen MR) is 85.3 cm³/mol. The molecule has 0 radical (unpaired) electrons. The molecule has 0 aliphatic carbocycles. The van der Waals surface area contributed by atoms with Crippen molar-refractivity contribution in [3.05, 3.63) is 16.7 Å². The SMILES string of the molecule is C/C=C(\C(C)=N/C(C)C)N1CCCN(CCN=O)CC1. The number of hydrogen-bond donors (Lipinski definition) is 0. The summed E-state index contributed by atoms with van der Waals surface area (Å²) < 4.78 is 0. The molecule has 0 unspecified atom stereocenters. The van der Waals surface area contributed by atoms with Crippen molar-refractivity contribution in [2.75, 3.05) is 39.3 Å². The minimum atomic E-state index is 0.326. The maximum absolute atomic E-state index is 10.2. The van der Waals surface area contributed by atoms with E-state index < -0.39 is 0 Å². The Morgan fingerprint density at radius 2 is 2.00 bits per heavy atom. The van der Waals surface area contributed by atoms with Gasteiger partial charge < -0.3 is 4.90 Å². The fraction of sp³-hybridized carbons (Fsp3) is 0.800. The molecule has 1 fully saturated rings. The molecule has 0 aromatic carbocycles. The Labute approximate surface area is 122 Å². The zero-order chi connectivity index (χ0) is 15.0. The molecule has 0 amide bonds. The summed E-state index contributed by atoms with van der Waals surface area (Å²) in [4.78, 5) is 19.6. The molecule has 1 aliphatic rings. The fourth-order valence-electron chi connectivity index (χ4n) is 2.69. The normalized spacial score (nSPS) is 19.4. The van der Waals surface area contributed by atoms with E-state index in [9.17, 15) is 4.91 Å². The van der Waals surface area contributed by atoms with Crippen LogP contribution in [0.2, 0.25) is 0 Å². The maximum Gasteiger partial charge on any atom is 0.0938 e. The monoisotopic (exact) mass is 280 g/mol. The highest BCUT2D eigenvalue weighted by Crippen LogP contribution is 2.12. The van der Waals surface area contributed by atoms with Gasteiger partial charge in [0.2, 0.25) is 0 Å². The smallest absolute Gasteiger partial charge is 0.0938 e. The quantitative estimate of drug-likeness (QED) is 0.555. The lowest BCUT2D eigenvalue weighted by molar-refractivity contribution is 0.287. The number of allylic oxidation sites excluding steroid dienone is 2. The molecule has 0 bridgehead atoms. The van der Waals surface area contributed by atoms with Crippen LogP contribution >= 0.6 is 0 Å². The molecule has 0 saturated carbocycles. The van der Waals surface area contributed by atoms with Crippen molar-refractivity contribution in [3.63, 3.8) is 0 Å². The minimum absolute atomic E-state index is 0.326. The topological polar surface area (TPSA) is 48.3 Å². The maximum atomic E-state index is 10.2. The van der Waals surface area contributed by atoms with E-state index in [-0.39, 0.29) is 0 Å². The summed E-state index contributed by atoms with van der Waals surface area (Å²) in [6.07, 6.45) is 3.27. The molecule has 1 heterocycles. The molecule has 1 aliphatic heterocycles. The van der Waals surface area contributed by atoms with Gasteiger partial charge in [0.25, 0.3) is 0 Å². The molecule has 5 heteroatoms. The van der Waals surface area contributed by atoms with Crippen molar-refractivity contribution >= 4 is 5.71 Å². The van der Waals surface area contributed by atoms with Crippen molar-refractivity contribution in [1.82, 2.24) is 9.80 Å². The number of rotatable bonds is 6. The first-order valence-corrected chi connectivity index (χ1v) is 7.56. The molecule has 114 valence electrons. The Bertz CT molecular complexity index is 363. The van der Waals surface area contributed by atoms with Gasteiger partial charge in [-0.2, -0.15) is 4.91 Å². The molecule has 1 saturated heterocycles. The third-order valence-corrected chi connectivity index (χ3v) is 3.53. The number of hydrogen-bond acceptors (Lipinski definition) is 5. The van der Waals surface area contributed by atoms with Crippen LogP contribution in [0, 0.1) is 4.91 Å². The average Bonchev–Trinajstić information content (AvgIpc) is 2.62. The van der Waals surface area contributed by atoms with E-state index in [0.29, 0.717) is 12.6 Å². The van der Waals surface area contributed by atoms with Gasteiger partial charge in [0.05, 0.1) is 18.0 Å². The van der Waals surface area contributed by atoms with Crippen molar-refractivity contribution in [2.24, 2.45) is 10.2 Å². The Kier molecular flexibility index (Phi) is 7.44. The molecular weight excluding hydrogens is 252 g/mol. The summed E-state index contributed by atoms with van der Waals surface area (Å²) in [5.74, 6) is 0. The molecule has 0 aromatic rings. The van der Waals surface area contributed by atoms with Crippen LogP contribution in [-0.2, 0) is 0 Å². The zero-order valence-electron chi connectivity index (χ0n) is 13.3. The first-order valence-electron chi connectivity index (χ1n) is 7.56. The second-order valence-electron chi connectivity index (χ2n) is 5.52. The van der Waals surface area contributed by atoms with E-state index in [1.165, 1.54) is 5.70 Å². The Morgan fingerprint density at radius 1 is 1.25 bits per heavy atom. The largest absolute Gasteiger partial charge is 0.369 e. The highest BCUT2D eigenvalue weighted by Gasteiger charge is 2.17. The van der Waals surface area contributed by atoms with Crippen molar-refractivity contribution in [3.8, 4) is 0 Å². The molecule has 5 nitrogen and oxygen atoms in total. The third-order valence-electron chi connectivity index (χ3n) is 3.53. The van der Waals surface area contributed by atoms with Crippen molar-refractivity contribution < 1.29 is 0 Å². The van der Waals surface area contributed by atoms with Crippen LogP contribution in [0.4, 0.5) is 0 Å². The summed E-state index contributed by atoms with van der Waals surface area (Å²) >= 11 is 0. The molecular formula is C15H28N4O. The Morgan fingerprint density at radius 3 is 2.60 bits per heavy atom. The van der Waals surface area contributed by atoms with Gasteiger partial charge in [-0.1, -0.05) is 11.3 Å². The van der Waals surface area contributed by atoms with Gasteiger partial charge >= 0.3 is 0 Å². The molecule has 0 spiro atoms. The Balaban J connectivity index is 2.64. The summed E-state index contributed by atoms with van der Waals surface area (Å²) in [7, 11) is 0. The first kappa shape index (κ1) is 16.8. The summed E-state index contributed by atoms with van der Waals surface area (Å²) in [5, 5.41) is 2.96. The summed E-state index contributed by atoms with van der Waals surface area (Å²) in [6.45, 7) is 13.6. The van der Waals surface area contributed by atoms with E-state index in [0.717, 1.165) is 44.9 Å². The Hall–Kier alpha value is -1.23. The highest BCUT2D eigenvalue weighted by atomic mass is 16.3. The van der Waals surface area contributed by atoms with Crippen LogP contribution < -0.4 is 0 Å². The van der Waals surface area contributed by atoms with Crippen LogP contribution in [-0.4, -0.2) is 60.8 Å². The highest BCUT2D eigenvalue weighted by molar-refractivity contribution is 5.97. The van der Waals surface area contributed by atoms with Gasteiger partial charge in [-0.15, -0.1) is 0 Å². The van der Waals surface area contributed by atoms with Crippen LogP contribution in [0.15, 0.2) is 21.9 Å². The number of nitrogens with zero attached hydrogens (tertiary/aromatic N) is 4. The van der Waals surface area contributed by atoms with Gasteiger partial charge in [-0.05, 0) is 40.7 Å². The second-order valence-corrected chi connectivity index (χ2v) is 5.52. The van der Waals surface area contributed by atoms with Gasteiger partial charge in [0.15, 0.2) is 0 Å². The molecule has 0 aromatic heterocycles. The van der Waals surface area contributed by atoms with Gasteiger partial charge in [-0.3, -0.25) is 9.89 Å². The van der Waals surface area contributed by atoms with E-state index in [1.807, 2.05) is 0 Å². The van der Waals surface area contributed by atoms with Crippen LogP contribution in [0.1, 0.15) is 34.1 Å². The van der Waals surface area contributed by atoms with Crippen LogP contribution in [0.25, 0.3) is 0 Å². The van der Waals surface area contributed by atoms with Crippen LogP contribution in [0.5, 0.6) is 0 Å². The summed E-state index contributed by atoms with van der Waals surface area (Å²) in [5.41, 5.74) is 2.36. The third kappa shape index (κ3) is 5.41. The minimum Gasteiger partial charge on any atom is -0.369 e. The lowest BCUT2D eigenvalue weighted by Crippen LogP contribution is -2.33. The van der Waals surface area contributed by atoms with E-state index in [2.05, 4.69) is 53.7 Å². The fourth-order valence-corrected chi connectivity index (χ4v) is 2.69. The predicted octanol–water partition coefficient (Wildman–Crippen LogP) is 2.53. The molecule has 20 heavy (non-hydrogen) atoms. The number of aliphatic imine (C=N–C) groups is 1. The zero-order valence-corrected chi connectivity index (χ0v) is 13.3. The van der Waals surface area contributed by atoms with Crippen LogP contribution in [0.3, 0.4) is 0 Å². The van der Waals surface area contributed by atoms with E-state index >= 15 is 0 Å². The standard InChI is InChI=1S/C15H28N4O/c1-5-15(14(4)17-13(2)3)19-9-6-8-18(11-12-19)10-7-16-20/h5,13H,6-12H2,1-4H3/b15-5+,17-14-. The van der Waals surface area contributed by atoms with E-state index in [4.69, 9.17) is 0 Å². The lowest BCUT2D eigenvalue weighted by atomic mass is 10.2. The lowest BCUT2D eigenvalue weighted by Gasteiger charge is -2.26. The molecule has 0 atom stereocenters. The van der Waals surface area contributed by atoms with Crippen molar-refractivity contribution in [1.29, 1.82) is 0 Å². The van der Waals surface area contributed by atoms with Gasteiger partial charge in [0.1, 0.15) is 0 Å². The van der Waals surface area contributed by atoms with Gasteiger partial charge in [0, 0.05) is 32.2 Å². The molecule has 0 N–H and O–H groups in total. The van der Waals surface area contributed by atoms with Crippen molar-refractivity contribution in [2.45, 2.75) is 40.2 Å². The first-order chi connectivity index (χ1) is 9.58. The van der Waals surface area contributed by atoms with Gasteiger partial charge in [-0.25, -0.2) is 0 Å². The number of nitroso groups, excluding NO2 is 1. The average molecular weight is 280 g/mol. The van der Waals surface area contributed by atoms with E-state index in [1.54, 1.807) is 0 Å². The summed E-state index contributed by atoms with van der Waals surface area (Å²) in [6, 6.07) is 0.326. The molecule has 1 rings (SSSR count). The second kappa shape index (κ2) is 8.84.